The van der Waals surface area contributed by atoms with Crippen LogP contribution in [0.3, 0.4) is 0 Å². The lowest BCUT2D eigenvalue weighted by Crippen LogP contribution is -2.26. The number of hydrogen-bond donors (Lipinski definition) is 1. The number of hydrogen-bond acceptors (Lipinski definition) is 7. The summed E-state index contributed by atoms with van der Waals surface area (Å²) in [4.78, 5) is 16.0. The standard InChI is InChI=1S/C24H27NO7/c1-5-31-22(24(26)27)10-15-8-6-7-9-19(15)32-14-16-13-25-18-12-21(29-3)20(28-2)11-17(18)23(16)30-4/h6-9,11-13,22H,5,10,14H2,1-4H3,(H,26,27). The number of carbonyl (C=O) groups is 1. The maximum Gasteiger partial charge on any atom is 0.333 e. The first kappa shape index (κ1) is 23.1. The van der Waals surface area contributed by atoms with Gasteiger partial charge in [0.1, 0.15) is 18.1 Å². The van der Waals surface area contributed by atoms with Crippen molar-refractivity contribution in [3.05, 3.63) is 53.7 Å². The van der Waals surface area contributed by atoms with Gasteiger partial charge in [0.25, 0.3) is 0 Å². The number of carboxylic acid groups (broad SMARTS) is 1. The predicted octanol–water partition coefficient (Wildman–Crippen LogP) is 3.87. The van der Waals surface area contributed by atoms with Crippen LogP contribution in [0.5, 0.6) is 23.0 Å². The Morgan fingerprint density at radius 2 is 1.72 bits per heavy atom. The quantitative estimate of drug-likeness (QED) is 0.479. The molecule has 0 amide bonds. The van der Waals surface area contributed by atoms with Crippen LogP contribution in [0.25, 0.3) is 10.9 Å². The summed E-state index contributed by atoms with van der Waals surface area (Å²) in [6.07, 6.45) is 0.948. The highest BCUT2D eigenvalue weighted by Gasteiger charge is 2.20. The van der Waals surface area contributed by atoms with E-state index in [0.29, 0.717) is 35.1 Å². The van der Waals surface area contributed by atoms with Gasteiger partial charge in [-0.25, -0.2) is 4.79 Å². The van der Waals surface area contributed by atoms with E-state index in [0.717, 1.165) is 16.5 Å². The van der Waals surface area contributed by atoms with E-state index in [-0.39, 0.29) is 13.0 Å². The number of fused-ring (bicyclic) bond motifs is 1. The van der Waals surface area contributed by atoms with Crippen LogP contribution in [-0.2, 0) is 22.6 Å². The number of pyridine rings is 1. The second-order valence-electron chi connectivity index (χ2n) is 6.92. The molecule has 0 bridgehead atoms. The fourth-order valence-electron chi connectivity index (χ4n) is 3.47. The van der Waals surface area contributed by atoms with Crippen molar-refractivity contribution in [2.75, 3.05) is 27.9 Å². The molecule has 8 heteroatoms. The first-order valence-electron chi connectivity index (χ1n) is 10.1. The lowest BCUT2D eigenvalue weighted by molar-refractivity contribution is -0.149. The van der Waals surface area contributed by atoms with Crippen molar-refractivity contribution in [3.8, 4) is 23.0 Å². The molecule has 0 fully saturated rings. The molecule has 1 N–H and O–H groups in total. The van der Waals surface area contributed by atoms with Gasteiger partial charge in [-0.15, -0.1) is 0 Å². The Balaban J connectivity index is 1.89. The Morgan fingerprint density at radius 3 is 2.38 bits per heavy atom. The van der Waals surface area contributed by atoms with Gasteiger partial charge in [-0.2, -0.15) is 0 Å². The molecule has 0 aliphatic carbocycles. The van der Waals surface area contributed by atoms with Crippen molar-refractivity contribution in [2.45, 2.75) is 26.1 Å². The predicted molar refractivity (Wildman–Crippen MR) is 119 cm³/mol. The van der Waals surface area contributed by atoms with Crippen LogP contribution in [0.1, 0.15) is 18.1 Å². The normalized spacial score (nSPS) is 11.8. The summed E-state index contributed by atoms with van der Waals surface area (Å²) in [6, 6.07) is 10.9. The van der Waals surface area contributed by atoms with E-state index < -0.39 is 12.1 Å². The summed E-state index contributed by atoms with van der Waals surface area (Å²) in [5.41, 5.74) is 2.18. The van der Waals surface area contributed by atoms with Gasteiger partial charge in [0, 0.05) is 30.7 Å². The van der Waals surface area contributed by atoms with Crippen molar-refractivity contribution in [3.63, 3.8) is 0 Å². The number of benzene rings is 2. The molecule has 0 saturated carbocycles. The molecule has 3 aromatic rings. The van der Waals surface area contributed by atoms with Crippen LogP contribution < -0.4 is 18.9 Å². The van der Waals surface area contributed by atoms with E-state index in [2.05, 4.69) is 4.98 Å². The molecule has 0 spiro atoms. The van der Waals surface area contributed by atoms with Crippen LogP contribution >= 0.6 is 0 Å². The molecule has 1 atom stereocenters. The Hall–Kier alpha value is -3.52. The summed E-state index contributed by atoms with van der Waals surface area (Å²) in [5.74, 6) is 1.33. The van der Waals surface area contributed by atoms with Gasteiger partial charge in [0.15, 0.2) is 17.6 Å². The highest BCUT2D eigenvalue weighted by atomic mass is 16.5. The Morgan fingerprint density at radius 1 is 1.00 bits per heavy atom. The molecule has 3 rings (SSSR count). The fraction of sp³-hybridized carbons (Fsp3) is 0.333. The van der Waals surface area contributed by atoms with Gasteiger partial charge in [-0.05, 0) is 24.6 Å². The molecule has 0 radical (unpaired) electrons. The van der Waals surface area contributed by atoms with Gasteiger partial charge in [-0.3, -0.25) is 4.98 Å². The number of carboxylic acids is 1. The zero-order valence-electron chi connectivity index (χ0n) is 18.6. The monoisotopic (exact) mass is 441 g/mol. The SMILES string of the molecule is CCOC(Cc1ccccc1OCc1cnc2cc(OC)c(OC)cc2c1OC)C(=O)O. The number of para-hydroxylation sites is 1. The smallest absolute Gasteiger partial charge is 0.333 e. The van der Waals surface area contributed by atoms with Crippen molar-refractivity contribution >= 4 is 16.9 Å². The third kappa shape index (κ3) is 5.03. The highest BCUT2D eigenvalue weighted by molar-refractivity contribution is 5.89. The molecule has 1 unspecified atom stereocenters. The molecule has 0 aliphatic heterocycles. The van der Waals surface area contributed by atoms with E-state index in [1.165, 1.54) is 0 Å². The third-order valence-electron chi connectivity index (χ3n) is 5.01. The van der Waals surface area contributed by atoms with E-state index in [1.54, 1.807) is 46.6 Å². The van der Waals surface area contributed by atoms with Gasteiger partial charge < -0.3 is 28.8 Å². The molecule has 1 aromatic heterocycles. The summed E-state index contributed by atoms with van der Waals surface area (Å²) in [6.45, 7) is 2.26. The molecular weight excluding hydrogens is 414 g/mol. The number of aromatic nitrogens is 1. The zero-order chi connectivity index (χ0) is 23.1. The van der Waals surface area contributed by atoms with Gasteiger partial charge in [0.2, 0.25) is 0 Å². The number of aliphatic carboxylic acids is 1. The number of methoxy groups -OCH3 is 3. The average Bonchev–Trinajstić information content (AvgIpc) is 2.81. The summed E-state index contributed by atoms with van der Waals surface area (Å²) >= 11 is 0. The third-order valence-corrected chi connectivity index (χ3v) is 5.01. The second-order valence-corrected chi connectivity index (χ2v) is 6.92. The number of nitrogens with zero attached hydrogens (tertiary/aromatic N) is 1. The fourth-order valence-corrected chi connectivity index (χ4v) is 3.47. The van der Waals surface area contributed by atoms with Crippen LogP contribution in [-0.4, -0.2) is 50.1 Å². The molecule has 8 nitrogen and oxygen atoms in total. The Labute approximate surface area is 186 Å². The lowest BCUT2D eigenvalue weighted by Gasteiger charge is -2.17. The van der Waals surface area contributed by atoms with Crippen molar-refractivity contribution in [1.29, 1.82) is 0 Å². The molecule has 32 heavy (non-hydrogen) atoms. The minimum atomic E-state index is -1.01. The maximum absolute atomic E-state index is 11.5. The molecule has 0 aliphatic rings. The molecule has 0 saturated heterocycles. The zero-order valence-corrected chi connectivity index (χ0v) is 18.6. The Bertz CT molecular complexity index is 1080. The van der Waals surface area contributed by atoms with Crippen LogP contribution in [0, 0.1) is 0 Å². The van der Waals surface area contributed by atoms with Crippen LogP contribution in [0.2, 0.25) is 0 Å². The lowest BCUT2D eigenvalue weighted by atomic mass is 10.1. The first-order chi connectivity index (χ1) is 15.5. The number of rotatable bonds is 11. The van der Waals surface area contributed by atoms with Gasteiger partial charge in [-0.1, -0.05) is 18.2 Å². The summed E-state index contributed by atoms with van der Waals surface area (Å²) < 4.78 is 27.8. The minimum absolute atomic E-state index is 0.184. The second kappa shape index (κ2) is 10.7. The number of ether oxygens (including phenoxy) is 5. The highest BCUT2D eigenvalue weighted by Crippen LogP contribution is 2.37. The topological polar surface area (TPSA) is 96.3 Å². The van der Waals surface area contributed by atoms with E-state index >= 15 is 0 Å². The van der Waals surface area contributed by atoms with Gasteiger partial charge in [0.05, 0.1) is 32.4 Å². The van der Waals surface area contributed by atoms with Crippen molar-refractivity contribution in [1.82, 2.24) is 4.98 Å². The maximum atomic E-state index is 11.5. The minimum Gasteiger partial charge on any atom is -0.496 e. The summed E-state index contributed by atoms with van der Waals surface area (Å²) in [7, 11) is 4.73. The van der Waals surface area contributed by atoms with Crippen molar-refractivity contribution < 1.29 is 33.6 Å². The molecule has 1 heterocycles. The molecular formula is C24H27NO7. The van der Waals surface area contributed by atoms with E-state index in [1.807, 2.05) is 24.3 Å². The van der Waals surface area contributed by atoms with Crippen LogP contribution in [0.4, 0.5) is 0 Å². The summed E-state index contributed by atoms with van der Waals surface area (Å²) in [5, 5.41) is 10.2. The largest absolute Gasteiger partial charge is 0.496 e. The average molecular weight is 441 g/mol. The van der Waals surface area contributed by atoms with E-state index in [4.69, 9.17) is 23.7 Å². The molecule has 2 aromatic carbocycles. The van der Waals surface area contributed by atoms with Gasteiger partial charge >= 0.3 is 5.97 Å². The molecule has 170 valence electrons. The van der Waals surface area contributed by atoms with Crippen LogP contribution in [0.15, 0.2) is 42.6 Å². The first-order valence-corrected chi connectivity index (χ1v) is 10.1. The Kier molecular flexibility index (Phi) is 7.72. The van der Waals surface area contributed by atoms with Crippen molar-refractivity contribution in [2.24, 2.45) is 0 Å². The van der Waals surface area contributed by atoms with E-state index in [9.17, 15) is 9.90 Å².